The van der Waals surface area contributed by atoms with Crippen molar-refractivity contribution in [1.29, 1.82) is 0 Å². The van der Waals surface area contributed by atoms with E-state index in [9.17, 15) is 0 Å². The molecule has 2 aromatic heterocycles. The monoisotopic (exact) mass is 378 g/mol. The minimum absolute atomic E-state index is 1.25. The van der Waals surface area contributed by atoms with Gasteiger partial charge >= 0.3 is 0 Å². The van der Waals surface area contributed by atoms with E-state index in [0.29, 0.717) is 0 Å². The second kappa shape index (κ2) is 4.56. The van der Waals surface area contributed by atoms with Crippen LogP contribution < -0.4 is 0 Å². The van der Waals surface area contributed by atoms with Gasteiger partial charge in [0.1, 0.15) is 0 Å². The molecule has 0 unspecified atom stereocenters. The Balaban J connectivity index is 2.76. The highest BCUT2D eigenvalue weighted by atomic mass is 79.9. The van der Waals surface area contributed by atoms with Crippen LogP contribution in [0, 0.1) is 27.7 Å². The molecule has 0 spiro atoms. The van der Waals surface area contributed by atoms with Gasteiger partial charge in [0.05, 0.1) is 0 Å². The number of halogens is 2. The molecule has 0 aliphatic carbocycles. The first kappa shape index (κ1) is 12.8. The van der Waals surface area contributed by atoms with Gasteiger partial charge in [-0.1, -0.05) is 0 Å². The topological polar surface area (TPSA) is 0 Å². The zero-order valence-corrected chi connectivity index (χ0v) is 14.4. The van der Waals surface area contributed by atoms with Gasteiger partial charge in [-0.25, -0.2) is 0 Å². The summed E-state index contributed by atoms with van der Waals surface area (Å²) in [7, 11) is 0. The van der Waals surface area contributed by atoms with Crippen molar-refractivity contribution in [3.05, 3.63) is 28.5 Å². The first-order valence-electron chi connectivity index (χ1n) is 4.94. The van der Waals surface area contributed by atoms with Gasteiger partial charge in [-0.05, 0) is 59.6 Å². The average Bonchev–Trinajstić information content (AvgIpc) is 2.57. The normalized spacial score (nSPS) is 11.1. The Kier molecular flexibility index (Phi) is 3.65. The molecule has 0 aromatic carbocycles. The minimum atomic E-state index is 1.25. The molecule has 0 fully saturated rings. The fourth-order valence-electron chi connectivity index (χ4n) is 1.88. The second-order valence-corrected chi connectivity index (χ2v) is 8.25. The van der Waals surface area contributed by atoms with Crippen LogP contribution in [0.1, 0.15) is 19.5 Å². The molecular weight excluding hydrogens is 368 g/mol. The van der Waals surface area contributed by atoms with Crippen molar-refractivity contribution in [2.45, 2.75) is 27.7 Å². The van der Waals surface area contributed by atoms with Crippen LogP contribution in [0.5, 0.6) is 0 Å². The number of hydrogen-bond donors (Lipinski definition) is 0. The van der Waals surface area contributed by atoms with E-state index in [1.54, 1.807) is 0 Å². The van der Waals surface area contributed by atoms with Gasteiger partial charge in [-0.2, -0.15) is 0 Å². The molecule has 2 rings (SSSR count). The van der Waals surface area contributed by atoms with Crippen LogP contribution in [0.3, 0.4) is 0 Å². The molecule has 16 heavy (non-hydrogen) atoms. The second-order valence-electron chi connectivity index (χ2n) is 3.81. The summed E-state index contributed by atoms with van der Waals surface area (Å²) in [5, 5.41) is 0. The maximum Gasteiger partial charge on any atom is 0.0393 e. The molecular formula is C12H12Br2S2. The third-order valence-electron chi connectivity index (χ3n) is 2.62. The lowest BCUT2D eigenvalue weighted by Gasteiger charge is -2.03. The van der Waals surface area contributed by atoms with Gasteiger partial charge in [0, 0.05) is 39.6 Å². The summed E-state index contributed by atoms with van der Waals surface area (Å²) in [6.07, 6.45) is 0. The fourth-order valence-corrected chi connectivity index (χ4v) is 5.54. The molecule has 0 saturated heterocycles. The van der Waals surface area contributed by atoms with Crippen molar-refractivity contribution < 1.29 is 0 Å². The Morgan fingerprint density at radius 2 is 0.938 bits per heavy atom. The van der Waals surface area contributed by atoms with Gasteiger partial charge in [-0.3, -0.25) is 0 Å². The molecule has 0 amide bonds. The summed E-state index contributed by atoms with van der Waals surface area (Å²) < 4.78 is 2.49. The highest BCUT2D eigenvalue weighted by molar-refractivity contribution is 9.11. The van der Waals surface area contributed by atoms with E-state index in [1.165, 1.54) is 39.6 Å². The van der Waals surface area contributed by atoms with Crippen LogP contribution in [0.25, 0.3) is 11.1 Å². The lowest BCUT2D eigenvalue weighted by molar-refractivity contribution is 1.49. The summed E-state index contributed by atoms with van der Waals surface area (Å²) in [6.45, 7) is 8.70. The predicted molar refractivity (Wildman–Crippen MR) is 82.0 cm³/mol. The summed E-state index contributed by atoms with van der Waals surface area (Å²) in [5.41, 5.74) is 2.72. The molecule has 0 N–H and O–H groups in total. The highest BCUT2D eigenvalue weighted by Crippen LogP contribution is 2.47. The Hall–Kier alpha value is 0.360. The van der Waals surface area contributed by atoms with Gasteiger partial charge in [-0.15, -0.1) is 22.7 Å². The van der Waals surface area contributed by atoms with Crippen LogP contribution in [0.2, 0.25) is 0 Å². The number of rotatable bonds is 1. The molecule has 2 heterocycles. The molecule has 86 valence electrons. The van der Waals surface area contributed by atoms with E-state index in [1.807, 2.05) is 22.7 Å². The Bertz CT molecular complexity index is 500. The molecule has 0 aliphatic heterocycles. The van der Waals surface area contributed by atoms with Crippen molar-refractivity contribution in [1.82, 2.24) is 0 Å². The van der Waals surface area contributed by atoms with Crippen LogP contribution >= 0.6 is 54.5 Å². The molecule has 0 bridgehead atoms. The lowest BCUT2D eigenvalue weighted by atomic mass is 10.1. The van der Waals surface area contributed by atoms with Crippen molar-refractivity contribution >= 4 is 54.5 Å². The summed E-state index contributed by atoms with van der Waals surface area (Å²) in [5.74, 6) is 0. The average molecular weight is 380 g/mol. The number of aryl methyl sites for hydroxylation is 4. The quantitative estimate of drug-likeness (QED) is 0.550. The maximum atomic E-state index is 3.71. The first-order chi connectivity index (χ1) is 7.43. The number of thiophene rings is 2. The molecule has 0 saturated carbocycles. The van der Waals surface area contributed by atoms with Crippen LogP contribution in [0.4, 0.5) is 0 Å². The van der Waals surface area contributed by atoms with E-state index in [-0.39, 0.29) is 0 Å². The van der Waals surface area contributed by atoms with Crippen LogP contribution in [-0.2, 0) is 0 Å². The standard InChI is InChI=1S/C12H12Br2S2/c1-5-9(11(13)7(3)15-5)10-6(2)16-8(4)12(10)14/h1-4H3. The van der Waals surface area contributed by atoms with Crippen molar-refractivity contribution in [2.75, 3.05) is 0 Å². The first-order valence-corrected chi connectivity index (χ1v) is 8.16. The zero-order valence-electron chi connectivity index (χ0n) is 9.57. The largest absolute Gasteiger partial charge is 0.144 e. The van der Waals surface area contributed by atoms with Crippen molar-refractivity contribution in [2.24, 2.45) is 0 Å². The van der Waals surface area contributed by atoms with E-state index in [0.717, 1.165) is 0 Å². The predicted octanol–water partition coefficient (Wildman–Crippen LogP) is 6.24. The van der Waals surface area contributed by atoms with E-state index in [4.69, 9.17) is 0 Å². The molecule has 4 heteroatoms. The molecule has 0 nitrogen and oxygen atoms in total. The Labute approximate surface area is 121 Å². The fraction of sp³-hybridized carbons (Fsp3) is 0.333. The molecule has 0 radical (unpaired) electrons. The van der Waals surface area contributed by atoms with Crippen LogP contribution in [0.15, 0.2) is 8.95 Å². The lowest BCUT2D eigenvalue weighted by Crippen LogP contribution is -1.80. The third kappa shape index (κ3) is 1.94. The SMILES string of the molecule is Cc1sc(C)c(-c2c(C)sc(C)c2Br)c1Br. The van der Waals surface area contributed by atoms with Crippen molar-refractivity contribution in [3.8, 4) is 11.1 Å². The Morgan fingerprint density at radius 3 is 1.12 bits per heavy atom. The molecule has 0 atom stereocenters. The third-order valence-corrected chi connectivity index (χ3v) is 7.17. The van der Waals surface area contributed by atoms with E-state index >= 15 is 0 Å². The molecule has 2 aromatic rings. The summed E-state index contributed by atoms with van der Waals surface area (Å²) in [6, 6.07) is 0. The maximum absolute atomic E-state index is 3.71. The zero-order chi connectivity index (χ0) is 12.0. The van der Waals surface area contributed by atoms with Gasteiger partial charge < -0.3 is 0 Å². The van der Waals surface area contributed by atoms with Crippen LogP contribution in [-0.4, -0.2) is 0 Å². The highest BCUT2D eigenvalue weighted by Gasteiger charge is 2.19. The molecule has 0 aliphatic rings. The summed E-state index contributed by atoms with van der Waals surface area (Å²) >= 11 is 11.1. The van der Waals surface area contributed by atoms with E-state index in [2.05, 4.69) is 59.6 Å². The smallest absolute Gasteiger partial charge is 0.0393 e. The minimum Gasteiger partial charge on any atom is -0.144 e. The van der Waals surface area contributed by atoms with Gasteiger partial charge in [0.15, 0.2) is 0 Å². The Morgan fingerprint density at radius 1 is 0.625 bits per heavy atom. The van der Waals surface area contributed by atoms with Gasteiger partial charge in [0.2, 0.25) is 0 Å². The van der Waals surface area contributed by atoms with E-state index < -0.39 is 0 Å². The van der Waals surface area contributed by atoms with Gasteiger partial charge in [0.25, 0.3) is 0 Å². The van der Waals surface area contributed by atoms with Crippen molar-refractivity contribution in [3.63, 3.8) is 0 Å². The number of hydrogen-bond acceptors (Lipinski definition) is 2. The summed E-state index contributed by atoms with van der Waals surface area (Å²) in [4.78, 5) is 5.46.